The lowest BCUT2D eigenvalue weighted by atomic mass is 10.4. The molecule has 1 aromatic rings. The fourth-order valence-electron chi connectivity index (χ4n) is 2.14. The van der Waals surface area contributed by atoms with Crippen molar-refractivity contribution in [1.29, 1.82) is 0 Å². The summed E-state index contributed by atoms with van der Waals surface area (Å²) in [7, 11) is -4.11. The van der Waals surface area contributed by atoms with E-state index in [1.807, 2.05) is 0 Å². The zero-order chi connectivity index (χ0) is 15.0. The molecule has 1 unspecified atom stereocenters. The highest BCUT2D eigenvalue weighted by Crippen LogP contribution is 2.23. The molecule has 1 aliphatic rings. The van der Waals surface area contributed by atoms with Crippen LogP contribution in [0.2, 0.25) is 0 Å². The van der Waals surface area contributed by atoms with E-state index < -0.39 is 25.3 Å². The first-order valence-corrected chi connectivity index (χ1v) is 9.26. The van der Waals surface area contributed by atoms with Gasteiger partial charge >= 0.3 is 0 Å². The topological polar surface area (TPSA) is 87.9 Å². The molecule has 1 fully saturated rings. The summed E-state index contributed by atoms with van der Waals surface area (Å²) in [4.78, 5) is 0. The van der Waals surface area contributed by atoms with Crippen molar-refractivity contribution in [2.45, 2.75) is 17.4 Å². The second-order valence-electron chi connectivity index (χ2n) is 4.95. The third kappa shape index (κ3) is 3.05. The van der Waals surface area contributed by atoms with Gasteiger partial charge in [0, 0.05) is 27.2 Å². The lowest BCUT2D eigenvalue weighted by Gasteiger charge is -2.20. The molecule has 114 valence electrons. The van der Waals surface area contributed by atoms with Crippen LogP contribution in [0.25, 0.3) is 0 Å². The Hall–Kier alpha value is -0.900. The van der Waals surface area contributed by atoms with Crippen molar-refractivity contribution in [2.24, 2.45) is 0 Å². The molecule has 0 amide bonds. The normalized spacial score (nSPS) is 21.6. The maximum Gasteiger partial charge on any atom is 0.281 e. The van der Waals surface area contributed by atoms with Crippen LogP contribution in [-0.2, 0) is 25.8 Å². The highest BCUT2D eigenvalue weighted by molar-refractivity contribution is 7.91. The molecule has 2 heterocycles. The van der Waals surface area contributed by atoms with Crippen LogP contribution in [0.3, 0.4) is 0 Å². The van der Waals surface area contributed by atoms with Crippen molar-refractivity contribution in [1.82, 2.24) is 8.61 Å². The van der Waals surface area contributed by atoms with Gasteiger partial charge in [-0.3, -0.25) is 0 Å². The molecule has 1 aliphatic heterocycles. The molecule has 1 atom stereocenters. The van der Waals surface area contributed by atoms with Crippen LogP contribution in [0.5, 0.6) is 0 Å². The Morgan fingerprint density at radius 2 is 2.05 bits per heavy atom. The van der Waals surface area contributed by atoms with Gasteiger partial charge in [-0.2, -0.15) is 17.0 Å². The zero-order valence-electron chi connectivity index (χ0n) is 11.4. The minimum absolute atomic E-state index is 0.00353. The Balaban J connectivity index is 2.09. The second kappa shape index (κ2) is 5.47. The molecule has 0 spiro atoms. The largest absolute Gasteiger partial charge is 0.468 e. The summed E-state index contributed by atoms with van der Waals surface area (Å²) >= 11 is 0. The fraction of sp³-hybridized carbons (Fsp3) is 0.636. The summed E-state index contributed by atoms with van der Waals surface area (Å²) in [6.45, 7) is 0.228. The van der Waals surface area contributed by atoms with E-state index in [1.165, 1.54) is 24.7 Å². The Morgan fingerprint density at radius 3 is 2.60 bits per heavy atom. The first kappa shape index (κ1) is 15.5. The molecule has 0 N–H and O–H groups in total. The van der Waals surface area contributed by atoms with Crippen molar-refractivity contribution < 1.29 is 21.3 Å². The maximum atomic E-state index is 12.2. The molecular formula is C11H18N2O5S2. The van der Waals surface area contributed by atoms with Crippen LogP contribution >= 0.6 is 0 Å². The van der Waals surface area contributed by atoms with Crippen LogP contribution < -0.4 is 0 Å². The molecule has 9 heteroatoms. The Kier molecular flexibility index (Phi) is 4.24. The third-order valence-electron chi connectivity index (χ3n) is 3.33. The number of hydrogen-bond donors (Lipinski definition) is 0. The lowest BCUT2D eigenvalue weighted by Crippen LogP contribution is -2.39. The predicted molar refractivity (Wildman–Crippen MR) is 73.9 cm³/mol. The van der Waals surface area contributed by atoms with E-state index in [-0.39, 0.29) is 18.8 Å². The van der Waals surface area contributed by atoms with Crippen LogP contribution in [0, 0.1) is 0 Å². The van der Waals surface area contributed by atoms with Gasteiger partial charge in [0.15, 0.2) is 9.84 Å². The average molecular weight is 322 g/mol. The maximum absolute atomic E-state index is 12.2. The van der Waals surface area contributed by atoms with Gasteiger partial charge in [-0.15, -0.1) is 0 Å². The molecule has 0 aromatic carbocycles. The zero-order valence-corrected chi connectivity index (χ0v) is 13.0. The van der Waals surface area contributed by atoms with E-state index in [1.54, 1.807) is 12.1 Å². The number of rotatable bonds is 5. The molecule has 1 aromatic heterocycles. The number of sulfone groups is 1. The quantitative estimate of drug-likeness (QED) is 0.766. The molecule has 0 bridgehead atoms. The first-order chi connectivity index (χ1) is 9.23. The number of furan rings is 1. The number of nitrogens with zero attached hydrogens (tertiary/aromatic N) is 2. The molecule has 2 rings (SSSR count). The van der Waals surface area contributed by atoms with Crippen LogP contribution in [0.15, 0.2) is 22.8 Å². The molecule has 20 heavy (non-hydrogen) atoms. The Labute approximate surface area is 119 Å². The minimum atomic E-state index is -3.55. The Bertz CT molecular complexity index is 649. The van der Waals surface area contributed by atoms with Crippen molar-refractivity contribution in [3.8, 4) is 0 Å². The molecular weight excluding hydrogens is 304 g/mol. The van der Waals surface area contributed by atoms with Gasteiger partial charge in [0.25, 0.3) is 10.2 Å². The molecule has 1 saturated heterocycles. The summed E-state index contributed by atoms with van der Waals surface area (Å²) in [5, 5.41) is -0.678. The molecule has 7 nitrogen and oxygen atoms in total. The van der Waals surface area contributed by atoms with Gasteiger partial charge in [-0.05, 0) is 18.6 Å². The number of hydrogen-bond acceptors (Lipinski definition) is 5. The highest BCUT2D eigenvalue weighted by atomic mass is 32.2. The monoisotopic (exact) mass is 322 g/mol. The van der Waals surface area contributed by atoms with E-state index >= 15 is 0 Å². The second-order valence-corrected chi connectivity index (χ2v) is 9.37. The van der Waals surface area contributed by atoms with Gasteiger partial charge in [0.2, 0.25) is 0 Å². The van der Waals surface area contributed by atoms with Crippen molar-refractivity contribution in [3.63, 3.8) is 0 Å². The average Bonchev–Trinajstić information content (AvgIpc) is 2.97. The first-order valence-electron chi connectivity index (χ1n) is 6.15. The van der Waals surface area contributed by atoms with Gasteiger partial charge < -0.3 is 4.42 Å². The van der Waals surface area contributed by atoms with E-state index in [0.717, 1.165) is 4.31 Å². The van der Waals surface area contributed by atoms with Crippen molar-refractivity contribution in [2.75, 3.05) is 27.2 Å². The van der Waals surface area contributed by atoms with Crippen LogP contribution in [0.4, 0.5) is 0 Å². The SMILES string of the molecule is CN(C)S(=O)(=O)N1CCC(S(=O)(=O)Cc2ccco2)C1. The van der Waals surface area contributed by atoms with Gasteiger partial charge in [-0.25, -0.2) is 8.42 Å². The minimum Gasteiger partial charge on any atom is -0.468 e. The molecule has 0 aliphatic carbocycles. The third-order valence-corrected chi connectivity index (χ3v) is 7.32. The highest BCUT2D eigenvalue weighted by Gasteiger charge is 2.39. The van der Waals surface area contributed by atoms with Gasteiger partial charge in [0.05, 0.1) is 11.5 Å². The summed E-state index contributed by atoms with van der Waals surface area (Å²) < 4.78 is 55.8. The predicted octanol–water partition coefficient (Wildman–Crippen LogP) is 0.0751. The van der Waals surface area contributed by atoms with E-state index in [2.05, 4.69) is 0 Å². The molecule has 0 saturated carbocycles. The smallest absolute Gasteiger partial charge is 0.281 e. The summed E-state index contributed by atoms with van der Waals surface area (Å²) in [6.07, 6.45) is 1.73. The summed E-state index contributed by atoms with van der Waals surface area (Å²) in [5.41, 5.74) is 0. The van der Waals surface area contributed by atoms with Crippen molar-refractivity contribution >= 4 is 20.0 Å². The van der Waals surface area contributed by atoms with Crippen LogP contribution in [0.1, 0.15) is 12.2 Å². The molecule has 0 radical (unpaired) electrons. The summed E-state index contributed by atoms with van der Waals surface area (Å²) in [6, 6.07) is 3.23. The summed E-state index contributed by atoms with van der Waals surface area (Å²) in [5.74, 6) is 0.180. The standard InChI is InChI=1S/C11H18N2O5S2/c1-12(2)20(16,17)13-6-5-11(8-13)19(14,15)9-10-4-3-7-18-10/h3-4,7,11H,5-6,8-9H2,1-2H3. The lowest BCUT2D eigenvalue weighted by molar-refractivity contribution is 0.421. The van der Waals surface area contributed by atoms with Crippen LogP contribution in [-0.4, -0.2) is 57.9 Å². The Morgan fingerprint density at radius 1 is 1.35 bits per heavy atom. The van der Waals surface area contributed by atoms with E-state index in [0.29, 0.717) is 12.2 Å². The van der Waals surface area contributed by atoms with E-state index in [4.69, 9.17) is 4.42 Å². The van der Waals surface area contributed by atoms with Gasteiger partial charge in [-0.1, -0.05) is 0 Å². The fourth-order valence-corrected chi connectivity index (χ4v) is 5.07. The van der Waals surface area contributed by atoms with Gasteiger partial charge in [0.1, 0.15) is 11.5 Å². The van der Waals surface area contributed by atoms with E-state index in [9.17, 15) is 16.8 Å². The van der Waals surface area contributed by atoms with Crippen molar-refractivity contribution in [3.05, 3.63) is 24.2 Å².